The first kappa shape index (κ1) is 12.9. The molecule has 3 heteroatoms. The second-order valence-electron chi connectivity index (χ2n) is 4.83. The fraction of sp³-hybridized carbons (Fsp3) is 0.235. The van der Waals surface area contributed by atoms with Crippen molar-refractivity contribution in [2.75, 3.05) is 7.05 Å². The van der Waals surface area contributed by atoms with Gasteiger partial charge in [0.25, 0.3) is 0 Å². The Morgan fingerprint density at radius 3 is 2.95 bits per heavy atom. The molecule has 0 aliphatic rings. The Hall–Kier alpha value is -2.13. The molecule has 0 amide bonds. The number of fused-ring (bicyclic) bond motifs is 1. The lowest BCUT2D eigenvalue weighted by molar-refractivity contribution is 0.505. The van der Waals surface area contributed by atoms with E-state index in [-0.39, 0.29) is 6.04 Å². The molecule has 1 atom stereocenters. The molecule has 0 saturated heterocycles. The number of benzene rings is 1. The van der Waals surface area contributed by atoms with Crippen LogP contribution in [0.4, 0.5) is 0 Å². The molecule has 0 spiro atoms. The molecule has 3 aromatic rings. The van der Waals surface area contributed by atoms with Gasteiger partial charge in [0.1, 0.15) is 5.76 Å². The van der Waals surface area contributed by atoms with Crippen LogP contribution in [0.5, 0.6) is 0 Å². The molecule has 0 aliphatic carbocycles. The number of aryl methyl sites for hydroxylation is 1. The van der Waals surface area contributed by atoms with Gasteiger partial charge in [-0.15, -0.1) is 0 Å². The standard InChI is InChI=1S/C17H18N2O/c1-3-16-14(8-10-20-16)17(18-2)13-6-7-15-12(11-13)5-4-9-19-15/h4-11,17-18H,3H2,1-2H3. The third-order valence-corrected chi connectivity index (χ3v) is 3.66. The molecule has 102 valence electrons. The predicted molar refractivity (Wildman–Crippen MR) is 80.7 cm³/mol. The zero-order valence-electron chi connectivity index (χ0n) is 11.8. The lowest BCUT2D eigenvalue weighted by Crippen LogP contribution is -2.18. The van der Waals surface area contributed by atoms with Crippen molar-refractivity contribution < 1.29 is 4.42 Å². The highest BCUT2D eigenvalue weighted by Crippen LogP contribution is 2.28. The zero-order valence-corrected chi connectivity index (χ0v) is 11.8. The Labute approximate surface area is 118 Å². The van der Waals surface area contributed by atoms with E-state index in [0.717, 1.165) is 23.1 Å². The fourth-order valence-corrected chi connectivity index (χ4v) is 2.67. The minimum Gasteiger partial charge on any atom is -0.469 e. The van der Waals surface area contributed by atoms with Crippen molar-refractivity contribution in [1.29, 1.82) is 0 Å². The third kappa shape index (κ3) is 2.21. The van der Waals surface area contributed by atoms with Gasteiger partial charge in [-0.1, -0.05) is 19.1 Å². The summed E-state index contributed by atoms with van der Waals surface area (Å²) >= 11 is 0. The number of nitrogens with zero attached hydrogens (tertiary/aromatic N) is 1. The molecule has 0 fully saturated rings. The summed E-state index contributed by atoms with van der Waals surface area (Å²) in [7, 11) is 1.98. The number of hydrogen-bond donors (Lipinski definition) is 1. The highest BCUT2D eigenvalue weighted by molar-refractivity contribution is 5.79. The van der Waals surface area contributed by atoms with Crippen LogP contribution in [-0.4, -0.2) is 12.0 Å². The summed E-state index contributed by atoms with van der Waals surface area (Å²) in [5.74, 6) is 1.04. The van der Waals surface area contributed by atoms with E-state index in [0.29, 0.717) is 0 Å². The maximum atomic E-state index is 5.55. The van der Waals surface area contributed by atoms with Crippen molar-refractivity contribution in [2.24, 2.45) is 0 Å². The minimum absolute atomic E-state index is 0.147. The normalized spacial score (nSPS) is 12.7. The second-order valence-corrected chi connectivity index (χ2v) is 4.83. The summed E-state index contributed by atoms with van der Waals surface area (Å²) in [4.78, 5) is 4.37. The summed E-state index contributed by atoms with van der Waals surface area (Å²) in [5, 5.41) is 4.54. The fourth-order valence-electron chi connectivity index (χ4n) is 2.67. The maximum Gasteiger partial charge on any atom is 0.108 e. The van der Waals surface area contributed by atoms with Gasteiger partial charge in [0.05, 0.1) is 17.8 Å². The minimum atomic E-state index is 0.147. The average molecular weight is 266 g/mol. The van der Waals surface area contributed by atoms with Crippen LogP contribution in [0.15, 0.2) is 53.3 Å². The summed E-state index contributed by atoms with van der Waals surface area (Å²) in [6, 6.07) is 12.6. The Kier molecular flexibility index (Phi) is 3.52. The Morgan fingerprint density at radius 1 is 1.25 bits per heavy atom. The first-order chi connectivity index (χ1) is 9.83. The molecular weight excluding hydrogens is 248 g/mol. The zero-order chi connectivity index (χ0) is 13.9. The van der Waals surface area contributed by atoms with Crippen molar-refractivity contribution in [3.63, 3.8) is 0 Å². The largest absolute Gasteiger partial charge is 0.469 e. The monoisotopic (exact) mass is 266 g/mol. The van der Waals surface area contributed by atoms with Crippen molar-refractivity contribution in [2.45, 2.75) is 19.4 Å². The summed E-state index contributed by atoms with van der Waals surface area (Å²) in [5.41, 5.74) is 3.45. The summed E-state index contributed by atoms with van der Waals surface area (Å²) in [6.07, 6.45) is 4.49. The van der Waals surface area contributed by atoms with Crippen LogP contribution in [0, 0.1) is 0 Å². The van der Waals surface area contributed by atoms with Crippen molar-refractivity contribution >= 4 is 10.9 Å². The first-order valence-corrected chi connectivity index (χ1v) is 6.91. The molecule has 3 rings (SSSR count). The smallest absolute Gasteiger partial charge is 0.108 e. The van der Waals surface area contributed by atoms with E-state index in [4.69, 9.17) is 4.42 Å². The number of nitrogens with one attached hydrogen (secondary N) is 1. The van der Waals surface area contributed by atoms with Gasteiger partial charge in [-0.25, -0.2) is 0 Å². The molecular formula is C17H18N2O. The van der Waals surface area contributed by atoms with Gasteiger partial charge in [0.2, 0.25) is 0 Å². The van der Waals surface area contributed by atoms with Gasteiger partial charge >= 0.3 is 0 Å². The van der Waals surface area contributed by atoms with E-state index in [1.807, 2.05) is 25.4 Å². The Morgan fingerprint density at radius 2 is 2.15 bits per heavy atom. The molecule has 1 N–H and O–H groups in total. The van der Waals surface area contributed by atoms with E-state index in [2.05, 4.69) is 41.5 Å². The number of pyridine rings is 1. The number of rotatable bonds is 4. The lowest BCUT2D eigenvalue weighted by Gasteiger charge is -2.17. The van der Waals surface area contributed by atoms with Gasteiger partial charge in [-0.05, 0) is 36.9 Å². The number of aromatic nitrogens is 1. The van der Waals surface area contributed by atoms with E-state index in [1.165, 1.54) is 11.1 Å². The molecule has 20 heavy (non-hydrogen) atoms. The Balaban J connectivity index is 2.07. The topological polar surface area (TPSA) is 38.1 Å². The van der Waals surface area contributed by atoms with E-state index >= 15 is 0 Å². The highest BCUT2D eigenvalue weighted by Gasteiger charge is 2.17. The molecule has 3 nitrogen and oxygen atoms in total. The maximum absolute atomic E-state index is 5.55. The van der Waals surface area contributed by atoms with Crippen LogP contribution in [0.1, 0.15) is 29.9 Å². The van der Waals surface area contributed by atoms with Crippen molar-refractivity contribution in [3.05, 3.63) is 65.7 Å². The SMILES string of the molecule is CCc1occc1C(NC)c1ccc2ncccc2c1. The molecule has 1 unspecified atom stereocenters. The van der Waals surface area contributed by atoms with Crippen LogP contribution in [0.25, 0.3) is 10.9 Å². The summed E-state index contributed by atoms with van der Waals surface area (Å²) in [6.45, 7) is 2.11. The molecule has 0 radical (unpaired) electrons. The first-order valence-electron chi connectivity index (χ1n) is 6.91. The second kappa shape index (κ2) is 5.47. The predicted octanol–water partition coefficient (Wildman–Crippen LogP) is 3.70. The van der Waals surface area contributed by atoms with Gasteiger partial charge < -0.3 is 9.73 Å². The molecule has 1 aromatic carbocycles. The Bertz CT molecular complexity index is 718. The van der Waals surface area contributed by atoms with Crippen LogP contribution in [0.2, 0.25) is 0 Å². The van der Waals surface area contributed by atoms with Crippen LogP contribution in [0.3, 0.4) is 0 Å². The van der Waals surface area contributed by atoms with E-state index in [1.54, 1.807) is 6.26 Å². The van der Waals surface area contributed by atoms with Gasteiger partial charge in [0.15, 0.2) is 0 Å². The van der Waals surface area contributed by atoms with Crippen LogP contribution < -0.4 is 5.32 Å². The van der Waals surface area contributed by atoms with E-state index in [9.17, 15) is 0 Å². The quantitative estimate of drug-likeness (QED) is 0.782. The van der Waals surface area contributed by atoms with Crippen molar-refractivity contribution in [3.8, 4) is 0 Å². The molecule has 0 aliphatic heterocycles. The number of hydrogen-bond acceptors (Lipinski definition) is 3. The lowest BCUT2D eigenvalue weighted by atomic mass is 9.97. The van der Waals surface area contributed by atoms with E-state index < -0.39 is 0 Å². The van der Waals surface area contributed by atoms with Crippen molar-refractivity contribution in [1.82, 2.24) is 10.3 Å². The molecule has 2 aromatic heterocycles. The van der Waals surface area contributed by atoms with Gasteiger partial charge in [-0.3, -0.25) is 4.98 Å². The molecule has 2 heterocycles. The third-order valence-electron chi connectivity index (χ3n) is 3.66. The molecule has 0 bridgehead atoms. The average Bonchev–Trinajstić information content (AvgIpc) is 2.96. The summed E-state index contributed by atoms with van der Waals surface area (Å²) < 4.78 is 5.55. The molecule has 0 saturated carbocycles. The van der Waals surface area contributed by atoms with Gasteiger partial charge in [0, 0.05) is 23.6 Å². The van der Waals surface area contributed by atoms with Crippen LogP contribution in [-0.2, 0) is 6.42 Å². The number of furan rings is 1. The van der Waals surface area contributed by atoms with Crippen LogP contribution >= 0.6 is 0 Å². The highest BCUT2D eigenvalue weighted by atomic mass is 16.3. The van der Waals surface area contributed by atoms with Gasteiger partial charge in [-0.2, -0.15) is 0 Å².